The number of ketones is 1. The number of hydrogen-bond donors (Lipinski definition) is 5. The zero-order valence-corrected chi connectivity index (χ0v) is 17.3. The van der Waals surface area contributed by atoms with E-state index in [1.54, 1.807) is 55.5 Å². The number of carbonyl (C=O) groups excluding carboxylic acids is 1. The number of benzene rings is 2. The molecular weight excluding hydrogens is 400 g/mol. The molecule has 2 aromatic carbocycles. The van der Waals surface area contributed by atoms with E-state index in [1.165, 1.54) is 0 Å². The Labute approximate surface area is 180 Å². The van der Waals surface area contributed by atoms with E-state index < -0.39 is 23.9 Å². The molecule has 0 aliphatic heterocycles. The molecule has 2 aromatic rings. The summed E-state index contributed by atoms with van der Waals surface area (Å²) in [7, 11) is 0. The third-order valence-corrected chi connectivity index (χ3v) is 4.34. The fraction of sp³-hybridized carbons (Fsp3) is 0.273. The molecule has 2 rings (SSSR count). The number of aliphatic imine (C=N–C) groups is 1. The number of nitrogens with two attached hydrogens (primary N) is 3. The Morgan fingerprint density at radius 3 is 2.10 bits per heavy atom. The fourth-order valence-corrected chi connectivity index (χ4v) is 2.49. The van der Waals surface area contributed by atoms with Gasteiger partial charge in [0.15, 0.2) is 11.7 Å². The second-order valence-electron chi connectivity index (χ2n) is 6.77. The Morgan fingerprint density at radius 2 is 1.55 bits per heavy atom. The normalized spacial score (nSPS) is 11.9. The summed E-state index contributed by atoms with van der Waals surface area (Å²) in [6.45, 7) is 2.03. The molecule has 0 radical (unpaired) electrons. The van der Waals surface area contributed by atoms with Gasteiger partial charge in [0, 0.05) is 17.7 Å². The molecule has 0 spiro atoms. The molecule has 0 bridgehead atoms. The lowest BCUT2D eigenvalue weighted by molar-refractivity contribution is -0.139. The van der Waals surface area contributed by atoms with Crippen LogP contribution in [0.2, 0.25) is 0 Å². The number of guanidine groups is 1. The molecule has 0 heterocycles. The van der Waals surface area contributed by atoms with Crippen molar-refractivity contribution in [2.45, 2.75) is 31.7 Å². The van der Waals surface area contributed by atoms with Gasteiger partial charge in [-0.2, -0.15) is 0 Å². The average molecular weight is 428 g/mol. The van der Waals surface area contributed by atoms with Crippen molar-refractivity contribution < 1.29 is 24.6 Å². The summed E-state index contributed by atoms with van der Waals surface area (Å²) < 4.78 is 0. The highest BCUT2D eigenvalue weighted by Crippen LogP contribution is 2.18. The van der Waals surface area contributed by atoms with Crippen molar-refractivity contribution in [2.24, 2.45) is 22.2 Å². The average Bonchev–Trinajstić information content (AvgIpc) is 2.76. The van der Waals surface area contributed by atoms with E-state index in [2.05, 4.69) is 4.99 Å². The highest BCUT2D eigenvalue weighted by atomic mass is 16.4. The summed E-state index contributed by atoms with van der Waals surface area (Å²) in [6.07, 6.45) is 0.956. The maximum Gasteiger partial charge on any atom is 0.320 e. The van der Waals surface area contributed by atoms with Gasteiger partial charge in [0.1, 0.15) is 6.04 Å². The van der Waals surface area contributed by atoms with Crippen molar-refractivity contribution in [1.82, 2.24) is 0 Å². The van der Waals surface area contributed by atoms with Crippen LogP contribution in [-0.4, -0.2) is 46.5 Å². The maximum atomic E-state index is 12.2. The van der Waals surface area contributed by atoms with Crippen molar-refractivity contribution in [3.63, 3.8) is 0 Å². The van der Waals surface area contributed by atoms with Gasteiger partial charge in [-0.15, -0.1) is 0 Å². The van der Waals surface area contributed by atoms with E-state index in [1.807, 2.05) is 6.07 Å². The molecule has 8 N–H and O–H groups in total. The molecule has 0 aliphatic rings. The van der Waals surface area contributed by atoms with Gasteiger partial charge in [0.25, 0.3) is 0 Å². The van der Waals surface area contributed by atoms with Crippen LogP contribution in [0.3, 0.4) is 0 Å². The first-order chi connectivity index (χ1) is 14.6. The SMILES string of the molecule is C[C@H](C(=O)O)c1cccc(C(=O)c2ccccc2)c1.NC(N)=NCCC[C@H](N)C(=O)O. The molecule has 0 unspecified atom stereocenters. The summed E-state index contributed by atoms with van der Waals surface area (Å²) in [5, 5.41) is 17.4. The van der Waals surface area contributed by atoms with E-state index in [9.17, 15) is 14.4 Å². The van der Waals surface area contributed by atoms with Gasteiger partial charge < -0.3 is 27.4 Å². The lowest BCUT2D eigenvalue weighted by Crippen LogP contribution is -2.30. The first-order valence-corrected chi connectivity index (χ1v) is 9.59. The number of carboxylic acids is 2. The van der Waals surface area contributed by atoms with Crippen molar-refractivity contribution in [3.8, 4) is 0 Å². The monoisotopic (exact) mass is 428 g/mol. The van der Waals surface area contributed by atoms with Gasteiger partial charge in [-0.25, -0.2) is 0 Å². The Balaban J connectivity index is 0.000000348. The largest absolute Gasteiger partial charge is 0.481 e. The minimum Gasteiger partial charge on any atom is -0.481 e. The molecular formula is C22H28N4O5. The second-order valence-corrected chi connectivity index (χ2v) is 6.77. The molecule has 0 saturated carbocycles. The molecule has 2 atom stereocenters. The molecule has 0 saturated heterocycles. The topological polar surface area (TPSA) is 182 Å². The van der Waals surface area contributed by atoms with Gasteiger partial charge in [0.2, 0.25) is 0 Å². The predicted molar refractivity (Wildman–Crippen MR) is 118 cm³/mol. The fourth-order valence-electron chi connectivity index (χ4n) is 2.49. The molecule has 0 amide bonds. The van der Waals surface area contributed by atoms with Crippen molar-refractivity contribution in [2.75, 3.05) is 6.54 Å². The Morgan fingerprint density at radius 1 is 0.935 bits per heavy atom. The van der Waals surface area contributed by atoms with Crippen LogP contribution >= 0.6 is 0 Å². The minimum absolute atomic E-state index is 0.0129. The van der Waals surface area contributed by atoms with Crippen molar-refractivity contribution >= 4 is 23.7 Å². The smallest absolute Gasteiger partial charge is 0.320 e. The molecule has 0 aliphatic carbocycles. The van der Waals surface area contributed by atoms with Gasteiger partial charge >= 0.3 is 11.9 Å². The Bertz CT molecular complexity index is 911. The third-order valence-electron chi connectivity index (χ3n) is 4.34. The zero-order valence-electron chi connectivity index (χ0n) is 17.3. The van der Waals surface area contributed by atoms with Crippen LogP contribution < -0.4 is 17.2 Å². The van der Waals surface area contributed by atoms with Crippen LogP contribution in [0.4, 0.5) is 0 Å². The Kier molecular flexibility index (Phi) is 10.4. The summed E-state index contributed by atoms with van der Waals surface area (Å²) in [5.41, 5.74) is 17.1. The van der Waals surface area contributed by atoms with Gasteiger partial charge in [-0.05, 0) is 31.4 Å². The number of rotatable bonds is 9. The van der Waals surface area contributed by atoms with Crippen LogP contribution in [-0.2, 0) is 9.59 Å². The van der Waals surface area contributed by atoms with Gasteiger partial charge in [-0.3, -0.25) is 19.4 Å². The van der Waals surface area contributed by atoms with E-state index in [4.69, 9.17) is 27.4 Å². The quantitative estimate of drug-likeness (QED) is 0.172. The molecule has 0 fully saturated rings. The summed E-state index contributed by atoms with van der Waals surface area (Å²) in [4.78, 5) is 37.1. The number of nitrogens with zero attached hydrogens (tertiary/aromatic N) is 1. The lowest BCUT2D eigenvalue weighted by Gasteiger charge is -2.08. The van der Waals surface area contributed by atoms with E-state index in [0.717, 1.165) is 0 Å². The van der Waals surface area contributed by atoms with E-state index in [0.29, 0.717) is 36.1 Å². The van der Waals surface area contributed by atoms with Crippen LogP contribution in [0.1, 0.15) is 47.2 Å². The van der Waals surface area contributed by atoms with Gasteiger partial charge in [0.05, 0.1) is 5.92 Å². The number of hydrogen-bond acceptors (Lipinski definition) is 5. The van der Waals surface area contributed by atoms with Crippen LogP contribution in [0.5, 0.6) is 0 Å². The van der Waals surface area contributed by atoms with Crippen LogP contribution in [0, 0.1) is 0 Å². The van der Waals surface area contributed by atoms with Crippen molar-refractivity contribution in [1.29, 1.82) is 0 Å². The van der Waals surface area contributed by atoms with Crippen LogP contribution in [0.15, 0.2) is 59.6 Å². The molecule has 166 valence electrons. The van der Waals surface area contributed by atoms with Crippen LogP contribution in [0.25, 0.3) is 0 Å². The van der Waals surface area contributed by atoms with Gasteiger partial charge in [-0.1, -0.05) is 48.5 Å². The lowest BCUT2D eigenvalue weighted by atomic mass is 9.96. The summed E-state index contributed by atoms with van der Waals surface area (Å²) in [6, 6.07) is 14.9. The predicted octanol–water partition coefficient (Wildman–Crippen LogP) is 1.56. The molecule has 9 nitrogen and oxygen atoms in total. The number of aliphatic carboxylic acids is 2. The third kappa shape index (κ3) is 9.09. The maximum absolute atomic E-state index is 12.2. The number of carbonyl (C=O) groups is 3. The Hall–Kier alpha value is -3.72. The number of carboxylic acid groups (broad SMARTS) is 2. The van der Waals surface area contributed by atoms with E-state index in [-0.39, 0.29) is 11.7 Å². The standard InChI is InChI=1S/C16H14O3.C6H14N4O2/c1-11(16(18)19)13-8-5-9-14(10-13)15(17)12-6-3-2-4-7-12;7-4(5(11)12)2-1-3-10-6(8)9/h2-11H,1H3,(H,18,19);4H,1-3,7H2,(H,11,12)(H4,8,9,10)/t11-;4-/m00/s1. The van der Waals surface area contributed by atoms with E-state index >= 15 is 0 Å². The molecule has 9 heteroatoms. The molecule has 31 heavy (non-hydrogen) atoms. The summed E-state index contributed by atoms with van der Waals surface area (Å²) in [5.74, 6) is -2.61. The second kappa shape index (κ2) is 12.8. The first kappa shape index (κ1) is 25.3. The van der Waals surface area contributed by atoms with Crippen molar-refractivity contribution in [3.05, 3.63) is 71.3 Å². The highest BCUT2D eigenvalue weighted by molar-refractivity contribution is 6.09. The zero-order chi connectivity index (χ0) is 23.4. The minimum atomic E-state index is -1.00. The molecule has 0 aromatic heterocycles. The first-order valence-electron chi connectivity index (χ1n) is 9.59. The summed E-state index contributed by atoms with van der Waals surface area (Å²) >= 11 is 0. The highest BCUT2D eigenvalue weighted by Gasteiger charge is 2.16.